The maximum Gasteiger partial charge on any atom is 0.411 e. The van der Waals surface area contributed by atoms with E-state index in [9.17, 15) is 9.59 Å². The van der Waals surface area contributed by atoms with Crippen LogP contribution in [-0.2, 0) is 20.8 Å². The number of carbonyl (C=O) groups excluding carboxylic acids is 2. The van der Waals surface area contributed by atoms with E-state index < -0.39 is 23.3 Å². The molecule has 0 bridgehead atoms. The number of nitrogens with zero attached hydrogens (tertiary/aromatic N) is 3. The standard InChI is InChI=1S/C21H33N5O4/c1-14-8-15(10-16(9-14)18(23)25-24-13-22)11-26(19(28)30-21(5,6)7)12-17(27)29-20(2,3)4/h8-10,13H,11-12H2,1-7H3,(H2,22,24)(H2,23,25). The first-order valence-corrected chi connectivity index (χ1v) is 9.57. The van der Waals surface area contributed by atoms with Gasteiger partial charge in [0.25, 0.3) is 0 Å². The van der Waals surface area contributed by atoms with Crippen LogP contribution in [0.5, 0.6) is 0 Å². The van der Waals surface area contributed by atoms with Crippen LogP contribution >= 0.6 is 0 Å². The predicted octanol–water partition coefficient (Wildman–Crippen LogP) is 2.68. The van der Waals surface area contributed by atoms with Crippen LogP contribution in [-0.4, -0.2) is 46.9 Å². The molecule has 0 aromatic heterocycles. The van der Waals surface area contributed by atoms with Gasteiger partial charge in [0.2, 0.25) is 0 Å². The Morgan fingerprint density at radius 3 is 2.20 bits per heavy atom. The molecule has 0 heterocycles. The van der Waals surface area contributed by atoms with Crippen LogP contribution < -0.4 is 11.5 Å². The number of hydrogen-bond acceptors (Lipinski definition) is 6. The predicted molar refractivity (Wildman–Crippen MR) is 117 cm³/mol. The average molecular weight is 420 g/mol. The fourth-order valence-corrected chi connectivity index (χ4v) is 2.52. The maximum absolute atomic E-state index is 12.7. The third-order valence-corrected chi connectivity index (χ3v) is 3.43. The summed E-state index contributed by atoms with van der Waals surface area (Å²) >= 11 is 0. The molecule has 166 valence electrons. The van der Waals surface area contributed by atoms with Crippen molar-refractivity contribution in [3.63, 3.8) is 0 Å². The summed E-state index contributed by atoms with van der Waals surface area (Å²) in [7, 11) is 0. The minimum Gasteiger partial charge on any atom is -0.459 e. The largest absolute Gasteiger partial charge is 0.459 e. The van der Waals surface area contributed by atoms with Gasteiger partial charge in [-0.15, -0.1) is 10.2 Å². The summed E-state index contributed by atoms with van der Waals surface area (Å²) in [4.78, 5) is 26.4. The fourth-order valence-electron chi connectivity index (χ4n) is 2.52. The maximum atomic E-state index is 12.7. The van der Waals surface area contributed by atoms with Gasteiger partial charge in [0, 0.05) is 12.1 Å². The van der Waals surface area contributed by atoms with Gasteiger partial charge >= 0.3 is 12.1 Å². The molecule has 0 aliphatic heterocycles. The fraction of sp³-hybridized carbons (Fsp3) is 0.524. The van der Waals surface area contributed by atoms with E-state index in [0.717, 1.165) is 17.5 Å². The number of aryl methyl sites for hydroxylation is 1. The average Bonchev–Trinajstić information content (AvgIpc) is 2.55. The van der Waals surface area contributed by atoms with Crippen molar-refractivity contribution in [3.05, 3.63) is 34.9 Å². The van der Waals surface area contributed by atoms with Gasteiger partial charge in [-0.05, 0) is 66.2 Å². The van der Waals surface area contributed by atoms with Gasteiger partial charge in [-0.25, -0.2) is 4.79 Å². The van der Waals surface area contributed by atoms with E-state index in [2.05, 4.69) is 10.2 Å². The number of ether oxygens (including phenoxy) is 2. The smallest absolute Gasteiger partial charge is 0.411 e. The first-order chi connectivity index (χ1) is 13.7. The summed E-state index contributed by atoms with van der Waals surface area (Å²) < 4.78 is 10.8. The Bertz CT molecular complexity index is 820. The Labute approximate surface area is 178 Å². The Balaban J connectivity index is 3.18. The van der Waals surface area contributed by atoms with Crippen molar-refractivity contribution < 1.29 is 19.1 Å². The monoisotopic (exact) mass is 419 g/mol. The van der Waals surface area contributed by atoms with E-state index >= 15 is 0 Å². The van der Waals surface area contributed by atoms with E-state index in [4.69, 9.17) is 20.9 Å². The second-order valence-electron chi connectivity index (χ2n) is 8.88. The summed E-state index contributed by atoms with van der Waals surface area (Å²) in [5.41, 5.74) is 12.0. The third-order valence-electron chi connectivity index (χ3n) is 3.43. The molecule has 9 nitrogen and oxygen atoms in total. The first-order valence-electron chi connectivity index (χ1n) is 9.57. The van der Waals surface area contributed by atoms with Crippen LogP contribution in [0.25, 0.3) is 0 Å². The first kappa shape index (κ1) is 24.9. The lowest BCUT2D eigenvalue weighted by Crippen LogP contribution is -2.41. The van der Waals surface area contributed by atoms with Crippen molar-refractivity contribution in [1.29, 1.82) is 0 Å². The number of amidine groups is 1. The third kappa shape index (κ3) is 9.40. The number of rotatable bonds is 6. The Hall–Kier alpha value is -3.10. The zero-order chi connectivity index (χ0) is 23.1. The van der Waals surface area contributed by atoms with Gasteiger partial charge in [-0.2, -0.15) is 0 Å². The van der Waals surface area contributed by atoms with Crippen LogP contribution in [0.3, 0.4) is 0 Å². The van der Waals surface area contributed by atoms with Gasteiger partial charge < -0.3 is 20.9 Å². The molecule has 0 unspecified atom stereocenters. The molecule has 0 spiro atoms. The summed E-state index contributed by atoms with van der Waals surface area (Å²) in [6.45, 7) is 12.3. The summed E-state index contributed by atoms with van der Waals surface area (Å²) in [6.07, 6.45) is 0.417. The molecule has 0 saturated heterocycles. The second-order valence-corrected chi connectivity index (χ2v) is 8.88. The Morgan fingerprint density at radius 2 is 1.67 bits per heavy atom. The number of amides is 1. The van der Waals surface area contributed by atoms with E-state index in [0.29, 0.717) is 5.56 Å². The highest BCUT2D eigenvalue weighted by molar-refractivity contribution is 5.97. The number of nitrogens with two attached hydrogens (primary N) is 2. The molecule has 0 atom stereocenters. The van der Waals surface area contributed by atoms with Crippen LogP contribution in [0.4, 0.5) is 4.79 Å². The molecule has 1 rings (SSSR count). The highest BCUT2D eigenvalue weighted by Crippen LogP contribution is 2.17. The van der Waals surface area contributed by atoms with E-state index in [-0.39, 0.29) is 18.9 Å². The van der Waals surface area contributed by atoms with E-state index in [1.807, 2.05) is 19.1 Å². The highest BCUT2D eigenvalue weighted by Gasteiger charge is 2.26. The van der Waals surface area contributed by atoms with Gasteiger partial charge in [-0.1, -0.05) is 11.6 Å². The lowest BCUT2D eigenvalue weighted by atomic mass is 10.1. The van der Waals surface area contributed by atoms with Gasteiger partial charge in [0.15, 0.2) is 5.84 Å². The molecule has 0 radical (unpaired) electrons. The highest BCUT2D eigenvalue weighted by atomic mass is 16.6. The lowest BCUT2D eigenvalue weighted by molar-refractivity contribution is -0.156. The summed E-state index contributed by atoms with van der Waals surface area (Å²) in [6, 6.07) is 5.49. The second kappa shape index (κ2) is 10.1. The molecule has 4 N–H and O–H groups in total. The number of hydrogen-bond donors (Lipinski definition) is 2. The van der Waals surface area contributed by atoms with Crippen molar-refractivity contribution in [2.45, 2.75) is 66.2 Å². The summed E-state index contributed by atoms with van der Waals surface area (Å²) in [5.74, 6) is -0.350. The molecule has 1 amide bonds. The minimum atomic E-state index is -0.710. The number of benzene rings is 1. The Morgan fingerprint density at radius 1 is 1.07 bits per heavy atom. The van der Waals surface area contributed by atoms with Crippen molar-refractivity contribution in [2.24, 2.45) is 21.7 Å². The molecule has 30 heavy (non-hydrogen) atoms. The SMILES string of the molecule is Cc1cc(CN(CC(=O)OC(C)(C)C)C(=O)OC(C)(C)C)cc(/C(N)=N/N=C\N)c1. The molecular weight excluding hydrogens is 386 g/mol. The zero-order valence-corrected chi connectivity index (χ0v) is 18.9. The van der Waals surface area contributed by atoms with Gasteiger partial charge in [0.1, 0.15) is 24.1 Å². The van der Waals surface area contributed by atoms with E-state index in [1.165, 1.54) is 4.90 Å². The van der Waals surface area contributed by atoms with E-state index in [1.54, 1.807) is 47.6 Å². The molecule has 0 aliphatic rings. The molecule has 1 aromatic rings. The molecular formula is C21H33N5O4. The molecule has 0 fully saturated rings. The quantitative estimate of drug-likeness (QED) is 0.315. The van der Waals surface area contributed by atoms with Crippen molar-refractivity contribution in [2.75, 3.05) is 6.54 Å². The van der Waals surface area contributed by atoms with Crippen molar-refractivity contribution >= 4 is 24.2 Å². The minimum absolute atomic E-state index is 0.121. The van der Waals surface area contributed by atoms with Crippen molar-refractivity contribution in [3.8, 4) is 0 Å². The molecule has 1 aromatic carbocycles. The molecule has 9 heteroatoms. The van der Waals surface area contributed by atoms with Gasteiger partial charge in [-0.3, -0.25) is 9.69 Å². The van der Waals surface area contributed by atoms with Crippen LogP contribution in [0, 0.1) is 6.92 Å². The molecule has 0 aliphatic carbocycles. The van der Waals surface area contributed by atoms with Crippen molar-refractivity contribution in [1.82, 2.24) is 4.90 Å². The summed E-state index contributed by atoms with van der Waals surface area (Å²) in [5, 5.41) is 7.39. The van der Waals surface area contributed by atoms with Crippen LogP contribution in [0.2, 0.25) is 0 Å². The number of carbonyl (C=O) groups is 2. The number of esters is 1. The van der Waals surface area contributed by atoms with Crippen LogP contribution in [0.15, 0.2) is 28.4 Å². The van der Waals surface area contributed by atoms with Gasteiger partial charge in [0.05, 0.1) is 0 Å². The normalized spacial score (nSPS) is 12.7. The zero-order valence-electron chi connectivity index (χ0n) is 18.9. The van der Waals surface area contributed by atoms with Crippen LogP contribution in [0.1, 0.15) is 58.2 Å². The topological polar surface area (TPSA) is 133 Å². The Kier molecular flexibility index (Phi) is 8.38. The lowest BCUT2D eigenvalue weighted by Gasteiger charge is -2.28. The molecule has 0 saturated carbocycles.